The second-order valence-corrected chi connectivity index (χ2v) is 4.36. The fourth-order valence-corrected chi connectivity index (χ4v) is 2.17. The van der Waals surface area contributed by atoms with Gasteiger partial charge in [-0.2, -0.15) is 0 Å². The van der Waals surface area contributed by atoms with E-state index in [9.17, 15) is 18.0 Å². The van der Waals surface area contributed by atoms with Crippen molar-refractivity contribution in [1.29, 1.82) is 0 Å². The minimum Gasteiger partial charge on any atom is -0.381 e. The zero-order chi connectivity index (χ0) is 14.0. The maximum atomic E-state index is 13.7. The lowest BCUT2D eigenvalue weighted by Gasteiger charge is -2.34. The highest BCUT2D eigenvalue weighted by Gasteiger charge is 2.42. The lowest BCUT2D eigenvalue weighted by Crippen LogP contribution is -2.46. The first-order valence-electron chi connectivity index (χ1n) is 5.83. The molecule has 0 bridgehead atoms. The van der Waals surface area contributed by atoms with Crippen molar-refractivity contribution in [2.45, 2.75) is 18.4 Å². The van der Waals surface area contributed by atoms with Gasteiger partial charge in [0.05, 0.1) is 5.56 Å². The van der Waals surface area contributed by atoms with E-state index in [-0.39, 0.29) is 12.8 Å². The number of carbonyl (C=O) groups is 1. The monoisotopic (exact) mass is 274 g/mol. The zero-order valence-electron chi connectivity index (χ0n) is 10.3. The van der Waals surface area contributed by atoms with Crippen molar-refractivity contribution >= 4 is 5.78 Å². The Balaban J connectivity index is 2.40. The molecule has 1 aromatic rings. The fourth-order valence-electron chi connectivity index (χ4n) is 2.17. The summed E-state index contributed by atoms with van der Waals surface area (Å²) in [4.78, 5) is 12.3. The van der Waals surface area contributed by atoms with Gasteiger partial charge in [0.2, 0.25) is 0 Å². The van der Waals surface area contributed by atoms with Crippen LogP contribution in [0.15, 0.2) is 12.1 Å². The molecule has 1 aliphatic rings. The summed E-state index contributed by atoms with van der Waals surface area (Å²) < 4.78 is 50.0. The van der Waals surface area contributed by atoms with E-state index >= 15 is 0 Å². The molecule has 1 aromatic carbocycles. The summed E-state index contributed by atoms with van der Waals surface area (Å²) in [7, 11) is 1.33. The van der Waals surface area contributed by atoms with Crippen molar-refractivity contribution < 1.29 is 27.4 Å². The molecule has 0 saturated carbocycles. The molecule has 0 aromatic heterocycles. The van der Waals surface area contributed by atoms with Gasteiger partial charge in [-0.1, -0.05) is 0 Å². The minimum absolute atomic E-state index is 0.251. The Labute approximate surface area is 108 Å². The Hall–Kier alpha value is -1.40. The predicted molar refractivity (Wildman–Crippen MR) is 60.4 cm³/mol. The van der Waals surface area contributed by atoms with E-state index in [1.807, 2.05) is 0 Å². The van der Waals surface area contributed by atoms with Gasteiger partial charge in [0.15, 0.2) is 23.2 Å². The van der Waals surface area contributed by atoms with Gasteiger partial charge in [-0.05, 0) is 12.1 Å². The zero-order valence-corrected chi connectivity index (χ0v) is 10.3. The molecule has 1 fully saturated rings. The van der Waals surface area contributed by atoms with Crippen LogP contribution in [-0.4, -0.2) is 31.7 Å². The number of methoxy groups -OCH3 is 1. The number of ether oxygens (including phenoxy) is 2. The Kier molecular flexibility index (Phi) is 3.91. The smallest absolute Gasteiger partial charge is 0.197 e. The molecule has 0 unspecified atom stereocenters. The first-order chi connectivity index (χ1) is 9.02. The van der Waals surface area contributed by atoms with Crippen molar-refractivity contribution in [3.63, 3.8) is 0 Å². The van der Waals surface area contributed by atoms with E-state index in [1.165, 1.54) is 7.11 Å². The number of ketones is 1. The highest BCUT2D eigenvalue weighted by molar-refractivity contribution is 6.02. The van der Waals surface area contributed by atoms with Crippen LogP contribution in [0.1, 0.15) is 23.2 Å². The van der Waals surface area contributed by atoms with E-state index in [4.69, 9.17) is 9.47 Å². The number of hydrogen-bond acceptors (Lipinski definition) is 3. The van der Waals surface area contributed by atoms with Crippen molar-refractivity contribution in [2.24, 2.45) is 0 Å². The van der Waals surface area contributed by atoms with Crippen LogP contribution in [0, 0.1) is 17.5 Å². The SMILES string of the molecule is COC1(C(=O)c2ccc(F)c(F)c2F)CCOCC1. The van der Waals surface area contributed by atoms with Gasteiger partial charge in [-0.15, -0.1) is 0 Å². The first-order valence-corrected chi connectivity index (χ1v) is 5.83. The highest BCUT2D eigenvalue weighted by Crippen LogP contribution is 2.30. The quantitative estimate of drug-likeness (QED) is 0.627. The van der Waals surface area contributed by atoms with Crippen LogP contribution < -0.4 is 0 Å². The lowest BCUT2D eigenvalue weighted by atomic mass is 9.85. The molecular weight excluding hydrogens is 261 g/mol. The second kappa shape index (κ2) is 5.30. The van der Waals surface area contributed by atoms with Crippen LogP contribution in [0.4, 0.5) is 13.2 Å². The van der Waals surface area contributed by atoms with Gasteiger partial charge in [0.1, 0.15) is 5.60 Å². The summed E-state index contributed by atoms with van der Waals surface area (Å²) in [5.74, 6) is -5.14. The molecule has 0 spiro atoms. The Bertz CT molecular complexity index is 496. The van der Waals surface area contributed by atoms with E-state index in [0.717, 1.165) is 12.1 Å². The van der Waals surface area contributed by atoms with Crippen LogP contribution in [-0.2, 0) is 9.47 Å². The summed E-state index contributed by atoms with van der Waals surface area (Å²) >= 11 is 0. The average molecular weight is 274 g/mol. The molecule has 1 aliphatic heterocycles. The third kappa shape index (κ3) is 2.37. The van der Waals surface area contributed by atoms with E-state index in [0.29, 0.717) is 13.2 Å². The molecular formula is C13H13F3O3. The van der Waals surface area contributed by atoms with Crippen molar-refractivity contribution in [3.05, 3.63) is 35.1 Å². The van der Waals surface area contributed by atoms with Gasteiger partial charge in [0.25, 0.3) is 0 Å². The third-order valence-electron chi connectivity index (χ3n) is 3.38. The molecule has 19 heavy (non-hydrogen) atoms. The molecule has 2 rings (SSSR count). The number of carbonyl (C=O) groups excluding carboxylic acids is 1. The largest absolute Gasteiger partial charge is 0.381 e. The average Bonchev–Trinajstić information content (AvgIpc) is 2.45. The van der Waals surface area contributed by atoms with Gasteiger partial charge in [-0.3, -0.25) is 4.79 Å². The number of rotatable bonds is 3. The number of hydrogen-bond donors (Lipinski definition) is 0. The summed E-state index contributed by atoms with van der Waals surface area (Å²) in [5, 5.41) is 0. The van der Waals surface area contributed by atoms with Gasteiger partial charge < -0.3 is 9.47 Å². The van der Waals surface area contributed by atoms with Gasteiger partial charge in [0, 0.05) is 33.2 Å². The van der Waals surface area contributed by atoms with Gasteiger partial charge >= 0.3 is 0 Å². The molecule has 3 nitrogen and oxygen atoms in total. The molecule has 104 valence electrons. The van der Waals surface area contributed by atoms with Crippen LogP contribution in [0.25, 0.3) is 0 Å². The maximum Gasteiger partial charge on any atom is 0.197 e. The molecule has 0 N–H and O–H groups in total. The van der Waals surface area contributed by atoms with Crippen LogP contribution >= 0.6 is 0 Å². The number of Topliss-reactive ketones (excluding diaryl/α,β-unsaturated/α-hetero) is 1. The molecule has 6 heteroatoms. The van der Waals surface area contributed by atoms with Crippen molar-refractivity contribution in [1.82, 2.24) is 0 Å². The summed E-state index contributed by atoms with van der Waals surface area (Å²) in [6.45, 7) is 0.593. The summed E-state index contributed by atoms with van der Waals surface area (Å²) in [5.41, 5.74) is -1.73. The van der Waals surface area contributed by atoms with Gasteiger partial charge in [-0.25, -0.2) is 13.2 Å². The standard InChI is InChI=1S/C13H13F3O3/c1-18-13(4-6-19-7-5-13)12(17)8-2-3-9(14)11(16)10(8)15/h2-3H,4-7H2,1H3. The normalized spacial score (nSPS) is 18.3. The van der Waals surface area contributed by atoms with E-state index in [1.54, 1.807) is 0 Å². The number of benzene rings is 1. The summed E-state index contributed by atoms with van der Waals surface area (Å²) in [6.07, 6.45) is 0.502. The topological polar surface area (TPSA) is 35.5 Å². The first kappa shape index (κ1) is 14.0. The summed E-state index contributed by atoms with van der Waals surface area (Å²) in [6, 6.07) is 1.67. The van der Waals surface area contributed by atoms with Crippen LogP contribution in [0.3, 0.4) is 0 Å². The lowest BCUT2D eigenvalue weighted by molar-refractivity contribution is -0.0665. The van der Waals surface area contributed by atoms with Crippen LogP contribution in [0.5, 0.6) is 0 Å². The predicted octanol–water partition coefficient (Wildman–Crippen LogP) is 2.48. The molecule has 0 amide bonds. The molecule has 0 aliphatic carbocycles. The minimum atomic E-state index is -1.65. The van der Waals surface area contributed by atoms with Crippen molar-refractivity contribution in [3.8, 4) is 0 Å². The molecule has 1 saturated heterocycles. The highest BCUT2D eigenvalue weighted by atomic mass is 19.2. The fraction of sp³-hybridized carbons (Fsp3) is 0.462. The van der Waals surface area contributed by atoms with Crippen molar-refractivity contribution in [2.75, 3.05) is 20.3 Å². The molecule has 1 heterocycles. The Morgan fingerprint density at radius 2 is 1.84 bits per heavy atom. The van der Waals surface area contributed by atoms with E-state index in [2.05, 4.69) is 0 Å². The third-order valence-corrected chi connectivity index (χ3v) is 3.38. The Morgan fingerprint density at radius 3 is 2.42 bits per heavy atom. The Morgan fingerprint density at radius 1 is 1.21 bits per heavy atom. The van der Waals surface area contributed by atoms with E-state index < -0.39 is 34.4 Å². The maximum absolute atomic E-state index is 13.7. The molecule has 0 radical (unpaired) electrons. The molecule has 0 atom stereocenters. The van der Waals surface area contributed by atoms with Crippen LogP contribution in [0.2, 0.25) is 0 Å². The number of halogens is 3. The second-order valence-electron chi connectivity index (χ2n) is 4.36.